The van der Waals surface area contributed by atoms with Crippen molar-refractivity contribution in [3.63, 3.8) is 0 Å². The van der Waals surface area contributed by atoms with E-state index in [1.807, 2.05) is 0 Å². The highest BCUT2D eigenvalue weighted by Crippen LogP contribution is 2.12. The standard InChI is InChI=1S/C5H10O4/c6-1-4-5(8)3(7)2-9-4/h3-8H,1-2H2/t3-,4-,5+/m1/s1. The summed E-state index contributed by atoms with van der Waals surface area (Å²) < 4.78 is 4.78. The van der Waals surface area contributed by atoms with Crippen molar-refractivity contribution in [1.82, 2.24) is 0 Å². The molecule has 4 nitrogen and oxygen atoms in total. The molecule has 3 atom stereocenters. The Balaban J connectivity index is 2.41. The molecular weight excluding hydrogens is 124 g/mol. The lowest BCUT2D eigenvalue weighted by Gasteiger charge is -2.10. The number of aliphatic hydroxyl groups excluding tert-OH is 3. The van der Waals surface area contributed by atoms with Crippen molar-refractivity contribution in [1.29, 1.82) is 0 Å². The Morgan fingerprint density at radius 3 is 2.33 bits per heavy atom. The Morgan fingerprint density at radius 2 is 2.11 bits per heavy atom. The predicted molar refractivity (Wildman–Crippen MR) is 28.8 cm³/mol. The molecule has 3 N–H and O–H groups in total. The van der Waals surface area contributed by atoms with Crippen LogP contribution in [0.1, 0.15) is 0 Å². The van der Waals surface area contributed by atoms with E-state index in [4.69, 9.17) is 20.1 Å². The van der Waals surface area contributed by atoms with Crippen molar-refractivity contribution < 1.29 is 20.1 Å². The number of rotatable bonds is 1. The van der Waals surface area contributed by atoms with Crippen LogP contribution in [-0.4, -0.2) is 46.8 Å². The Labute approximate surface area is 52.7 Å². The molecule has 0 unspecified atom stereocenters. The Bertz CT molecular complexity index is 95.0. The molecule has 0 aromatic rings. The summed E-state index contributed by atoms with van der Waals surface area (Å²) in [5, 5.41) is 26.2. The summed E-state index contributed by atoms with van der Waals surface area (Å²) >= 11 is 0. The van der Waals surface area contributed by atoms with E-state index in [0.29, 0.717) is 0 Å². The lowest BCUT2D eigenvalue weighted by molar-refractivity contribution is -0.00588. The van der Waals surface area contributed by atoms with Crippen molar-refractivity contribution in [3.05, 3.63) is 0 Å². The fourth-order valence-electron chi connectivity index (χ4n) is 0.828. The van der Waals surface area contributed by atoms with Gasteiger partial charge in [0.25, 0.3) is 0 Å². The SMILES string of the molecule is OC[C@H]1OC[C@@H](O)[C@@H]1O. The predicted octanol–water partition coefficient (Wildman–Crippen LogP) is -1.90. The normalized spacial score (nSPS) is 43.7. The highest BCUT2D eigenvalue weighted by Gasteiger charge is 2.33. The molecule has 1 aliphatic rings. The van der Waals surface area contributed by atoms with Crippen LogP contribution < -0.4 is 0 Å². The van der Waals surface area contributed by atoms with E-state index in [1.165, 1.54) is 0 Å². The molecule has 0 saturated carbocycles. The van der Waals surface area contributed by atoms with E-state index in [9.17, 15) is 0 Å². The molecule has 1 fully saturated rings. The van der Waals surface area contributed by atoms with Crippen LogP contribution in [0.4, 0.5) is 0 Å². The monoisotopic (exact) mass is 134 g/mol. The highest BCUT2D eigenvalue weighted by atomic mass is 16.5. The van der Waals surface area contributed by atoms with E-state index in [2.05, 4.69) is 0 Å². The first-order valence-electron chi connectivity index (χ1n) is 2.84. The molecule has 0 aromatic carbocycles. The van der Waals surface area contributed by atoms with Crippen molar-refractivity contribution in [3.8, 4) is 0 Å². The second-order valence-corrected chi connectivity index (χ2v) is 2.11. The van der Waals surface area contributed by atoms with Gasteiger partial charge in [0.15, 0.2) is 0 Å². The third kappa shape index (κ3) is 1.21. The quantitative estimate of drug-likeness (QED) is 0.392. The minimum atomic E-state index is -0.921. The van der Waals surface area contributed by atoms with Gasteiger partial charge in [-0.2, -0.15) is 0 Å². The number of hydrogen-bond acceptors (Lipinski definition) is 4. The average Bonchev–Trinajstić information content (AvgIpc) is 2.15. The van der Waals surface area contributed by atoms with Gasteiger partial charge in [-0.1, -0.05) is 0 Å². The summed E-state index contributed by atoms with van der Waals surface area (Å²) in [4.78, 5) is 0. The maximum atomic E-state index is 8.92. The Morgan fingerprint density at radius 1 is 1.44 bits per heavy atom. The first-order valence-corrected chi connectivity index (χ1v) is 2.84. The van der Waals surface area contributed by atoms with Gasteiger partial charge in [-0.05, 0) is 0 Å². The molecular formula is C5H10O4. The van der Waals surface area contributed by atoms with Crippen LogP contribution in [0.25, 0.3) is 0 Å². The maximum absolute atomic E-state index is 8.92. The minimum absolute atomic E-state index is 0.117. The molecule has 1 rings (SSSR count). The van der Waals surface area contributed by atoms with Crippen molar-refractivity contribution in [2.45, 2.75) is 18.3 Å². The van der Waals surface area contributed by atoms with E-state index in [0.717, 1.165) is 0 Å². The lowest BCUT2D eigenvalue weighted by atomic mass is 10.2. The van der Waals surface area contributed by atoms with E-state index in [1.54, 1.807) is 0 Å². The second kappa shape index (κ2) is 2.62. The molecule has 0 spiro atoms. The zero-order valence-electron chi connectivity index (χ0n) is 4.90. The summed E-state index contributed by atoms with van der Waals surface area (Å²) in [7, 11) is 0. The van der Waals surface area contributed by atoms with Gasteiger partial charge >= 0.3 is 0 Å². The number of hydrogen-bond donors (Lipinski definition) is 3. The van der Waals surface area contributed by atoms with E-state index >= 15 is 0 Å². The van der Waals surface area contributed by atoms with Gasteiger partial charge < -0.3 is 20.1 Å². The van der Waals surface area contributed by atoms with Crippen molar-refractivity contribution in [2.24, 2.45) is 0 Å². The van der Waals surface area contributed by atoms with Gasteiger partial charge in [0, 0.05) is 0 Å². The van der Waals surface area contributed by atoms with Crippen LogP contribution in [0.3, 0.4) is 0 Å². The molecule has 1 aliphatic heterocycles. The summed E-state index contributed by atoms with van der Waals surface area (Å²) in [6.07, 6.45) is -2.35. The van der Waals surface area contributed by atoms with E-state index in [-0.39, 0.29) is 13.2 Å². The number of ether oxygens (including phenoxy) is 1. The Hall–Kier alpha value is -0.160. The largest absolute Gasteiger partial charge is 0.394 e. The second-order valence-electron chi connectivity index (χ2n) is 2.11. The van der Waals surface area contributed by atoms with Crippen molar-refractivity contribution in [2.75, 3.05) is 13.2 Å². The van der Waals surface area contributed by atoms with Gasteiger partial charge in [-0.3, -0.25) is 0 Å². The zero-order valence-corrected chi connectivity index (χ0v) is 4.90. The third-order valence-corrected chi connectivity index (χ3v) is 1.44. The first-order chi connectivity index (χ1) is 4.25. The molecule has 0 amide bonds. The van der Waals surface area contributed by atoms with E-state index < -0.39 is 18.3 Å². The number of aliphatic hydroxyl groups is 3. The fourth-order valence-corrected chi connectivity index (χ4v) is 0.828. The molecule has 0 aromatic heterocycles. The topological polar surface area (TPSA) is 69.9 Å². The van der Waals surface area contributed by atoms with Crippen molar-refractivity contribution >= 4 is 0 Å². The van der Waals surface area contributed by atoms with Gasteiger partial charge in [0.2, 0.25) is 0 Å². The van der Waals surface area contributed by atoms with Crippen LogP contribution in [0, 0.1) is 0 Å². The molecule has 0 aliphatic carbocycles. The lowest BCUT2D eigenvalue weighted by Crippen LogP contribution is -2.31. The molecule has 0 radical (unpaired) electrons. The Kier molecular flexibility index (Phi) is 2.02. The first kappa shape index (κ1) is 6.95. The van der Waals surface area contributed by atoms with Crippen LogP contribution in [0.5, 0.6) is 0 Å². The molecule has 0 bridgehead atoms. The van der Waals surface area contributed by atoms with Gasteiger partial charge in [-0.25, -0.2) is 0 Å². The van der Waals surface area contributed by atoms with Crippen LogP contribution >= 0.6 is 0 Å². The van der Waals surface area contributed by atoms with Crippen LogP contribution in [-0.2, 0) is 4.74 Å². The summed E-state index contributed by atoms with van der Waals surface area (Å²) in [6.45, 7) is -0.120. The molecule has 9 heavy (non-hydrogen) atoms. The average molecular weight is 134 g/mol. The highest BCUT2D eigenvalue weighted by molar-refractivity contribution is 4.81. The third-order valence-electron chi connectivity index (χ3n) is 1.44. The van der Waals surface area contributed by atoms with Gasteiger partial charge in [0.05, 0.1) is 13.2 Å². The smallest absolute Gasteiger partial charge is 0.110 e. The van der Waals surface area contributed by atoms with Gasteiger partial charge in [0.1, 0.15) is 18.3 Å². The molecule has 1 heterocycles. The molecule has 54 valence electrons. The fraction of sp³-hybridized carbons (Fsp3) is 1.00. The van der Waals surface area contributed by atoms with Crippen LogP contribution in [0.2, 0.25) is 0 Å². The summed E-state index contributed by atoms with van der Waals surface area (Å²) in [5.41, 5.74) is 0. The summed E-state index contributed by atoms with van der Waals surface area (Å²) in [5.74, 6) is 0. The maximum Gasteiger partial charge on any atom is 0.110 e. The minimum Gasteiger partial charge on any atom is -0.394 e. The van der Waals surface area contributed by atoms with Gasteiger partial charge in [-0.15, -0.1) is 0 Å². The zero-order chi connectivity index (χ0) is 6.85. The summed E-state index contributed by atoms with van der Waals surface area (Å²) in [6, 6.07) is 0. The molecule has 1 saturated heterocycles. The molecule has 4 heteroatoms. The van der Waals surface area contributed by atoms with Crippen LogP contribution in [0.15, 0.2) is 0 Å².